The Balaban J connectivity index is 1.37. The van der Waals surface area contributed by atoms with Crippen LogP contribution in [0, 0.1) is 0 Å². The quantitative estimate of drug-likeness (QED) is 0.775. The van der Waals surface area contributed by atoms with Gasteiger partial charge in [0.25, 0.3) is 0 Å². The zero-order valence-corrected chi connectivity index (χ0v) is 14.9. The summed E-state index contributed by atoms with van der Waals surface area (Å²) in [6.07, 6.45) is 0. The highest BCUT2D eigenvalue weighted by Crippen LogP contribution is 2.28. The minimum atomic E-state index is 0.729. The van der Waals surface area contributed by atoms with Crippen molar-refractivity contribution in [1.29, 1.82) is 0 Å². The molecule has 2 heterocycles. The minimum Gasteiger partial charge on any atom is -0.455 e. The fourth-order valence-electron chi connectivity index (χ4n) is 3.42. The van der Waals surface area contributed by atoms with E-state index in [2.05, 4.69) is 41.3 Å². The summed E-state index contributed by atoms with van der Waals surface area (Å²) in [7, 11) is 0. The number of furan rings is 1. The number of halogens is 1. The van der Waals surface area contributed by atoms with Crippen LogP contribution in [0.25, 0.3) is 11.3 Å². The third-order valence-electron chi connectivity index (χ3n) is 4.82. The predicted molar refractivity (Wildman–Crippen MR) is 102 cm³/mol. The van der Waals surface area contributed by atoms with Crippen LogP contribution in [0.15, 0.2) is 71.1 Å². The Labute approximate surface area is 153 Å². The van der Waals surface area contributed by atoms with E-state index in [1.165, 1.54) is 5.69 Å². The van der Waals surface area contributed by atoms with Gasteiger partial charge in [-0.2, -0.15) is 0 Å². The fourth-order valence-corrected chi connectivity index (χ4v) is 3.65. The van der Waals surface area contributed by atoms with Crippen molar-refractivity contribution in [3.8, 4) is 11.3 Å². The molecule has 0 aliphatic carbocycles. The summed E-state index contributed by atoms with van der Waals surface area (Å²) >= 11 is 6.26. The van der Waals surface area contributed by atoms with E-state index in [4.69, 9.17) is 16.0 Å². The lowest BCUT2D eigenvalue weighted by Crippen LogP contribution is -3.13. The third-order valence-corrected chi connectivity index (χ3v) is 5.15. The zero-order valence-electron chi connectivity index (χ0n) is 14.1. The summed E-state index contributed by atoms with van der Waals surface area (Å²) in [6.45, 7) is 5.33. The monoisotopic (exact) mass is 353 g/mol. The molecule has 25 heavy (non-hydrogen) atoms. The standard InChI is InChI=1S/C21H21ClN2O/c22-20-9-5-4-8-19(20)21-11-10-18(25-21)16-23-12-14-24(15-13-23)17-6-2-1-3-7-17/h1-11H,12-16H2/p+1. The van der Waals surface area contributed by atoms with Crippen molar-refractivity contribution < 1.29 is 9.32 Å². The van der Waals surface area contributed by atoms with Crippen molar-refractivity contribution >= 4 is 17.3 Å². The number of hydrogen-bond acceptors (Lipinski definition) is 2. The lowest BCUT2D eigenvalue weighted by Gasteiger charge is -2.33. The maximum Gasteiger partial charge on any atom is 0.158 e. The highest BCUT2D eigenvalue weighted by atomic mass is 35.5. The first-order valence-corrected chi connectivity index (χ1v) is 9.14. The summed E-state index contributed by atoms with van der Waals surface area (Å²) in [4.78, 5) is 4.02. The molecule has 1 aromatic heterocycles. The minimum absolute atomic E-state index is 0.729. The van der Waals surface area contributed by atoms with Crippen LogP contribution in [-0.4, -0.2) is 26.2 Å². The van der Waals surface area contributed by atoms with Crippen LogP contribution in [0.1, 0.15) is 5.76 Å². The molecule has 2 aromatic carbocycles. The summed E-state index contributed by atoms with van der Waals surface area (Å²) < 4.78 is 6.05. The van der Waals surface area contributed by atoms with Crippen molar-refractivity contribution in [2.24, 2.45) is 0 Å². The van der Waals surface area contributed by atoms with Crippen LogP contribution < -0.4 is 9.80 Å². The van der Waals surface area contributed by atoms with Crippen LogP contribution >= 0.6 is 11.6 Å². The van der Waals surface area contributed by atoms with Gasteiger partial charge in [0.1, 0.15) is 12.3 Å². The number of para-hydroxylation sites is 1. The first-order chi connectivity index (χ1) is 12.3. The highest BCUT2D eigenvalue weighted by Gasteiger charge is 2.21. The zero-order chi connectivity index (χ0) is 17.1. The second-order valence-electron chi connectivity index (χ2n) is 6.50. The van der Waals surface area contributed by atoms with E-state index in [1.54, 1.807) is 4.90 Å². The Hall–Kier alpha value is -2.23. The third kappa shape index (κ3) is 3.73. The van der Waals surface area contributed by atoms with Crippen LogP contribution in [0.2, 0.25) is 5.02 Å². The van der Waals surface area contributed by atoms with Crippen LogP contribution in [-0.2, 0) is 6.54 Å². The van der Waals surface area contributed by atoms with Crippen molar-refractivity contribution in [2.45, 2.75) is 6.54 Å². The molecular formula is C21H22ClN2O+. The van der Waals surface area contributed by atoms with E-state index in [9.17, 15) is 0 Å². The molecule has 128 valence electrons. The molecule has 3 nitrogen and oxygen atoms in total. The highest BCUT2D eigenvalue weighted by molar-refractivity contribution is 6.33. The average molecular weight is 354 g/mol. The average Bonchev–Trinajstić information content (AvgIpc) is 3.12. The number of nitrogens with zero attached hydrogens (tertiary/aromatic N) is 1. The summed E-state index contributed by atoms with van der Waals surface area (Å²) in [5.74, 6) is 1.88. The number of benzene rings is 2. The lowest BCUT2D eigenvalue weighted by molar-refractivity contribution is -0.915. The van der Waals surface area contributed by atoms with Gasteiger partial charge in [-0.25, -0.2) is 0 Å². The molecule has 1 N–H and O–H groups in total. The summed E-state index contributed by atoms with van der Waals surface area (Å²) in [6, 6.07) is 22.6. The summed E-state index contributed by atoms with van der Waals surface area (Å²) in [5, 5.41) is 0.729. The Bertz CT molecular complexity index is 823. The van der Waals surface area contributed by atoms with Crippen molar-refractivity contribution in [1.82, 2.24) is 0 Å². The molecule has 3 aromatic rings. The SMILES string of the molecule is Clc1ccccc1-c1ccc(C[NH+]2CCN(c3ccccc3)CC2)o1. The Morgan fingerprint density at radius 2 is 1.60 bits per heavy atom. The number of piperazine rings is 1. The van der Waals surface area contributed by atoms with Gasteiger partial charge in [0.2, 0.25) is 0 Å². The van der Waals surface area contributed by atoms with Gasteiger partial charge in [-0.3, -0.25) is 0 Å². The van der Waals surface area contributed by atoms with E-state index >= 15 is 0 Å². The van der Waals surface area contributed by atoms with Crippen molar-refractivity contribution in [3.05, 3.63) is 77.5 Å². The fraction of sp³-hybridized carbons (Fsp3) is 0.238. The first-order valence-electron chi connectivity index (χ1n) is 8.77. The molecule has 0 atom stereocenters. The number of rotatable bonds is 4. The van der Waals surface area contributed by atoms with Gasteiger partial charge < -0.3 is 14.2 Å². The molecule has 1 saturated heterocycles. The number of anilines is 1. The van der Waals surface area contributed by atoms with E-state index in [-0.39, 0.29) is 0 Å². The molecule has 0 saturated carbocycles. The molecule has 4 rings (SSSR count). The molecule has 0 amide bonds. The van der Waals surface area contributed by atoms with E-state index in [0.29, 0.717) is 0 Å². The van der Waals surface area contributed by atoms with Gasteiger partial charge in [0.15, 0.2) is 5.76 Å². The van der Waals surface area contributed by atoms with Crippen LogP contribution in [0.3, 0.4) is 0 Å². The number of quaternary nitrogens is 1. The second kappa shape index (κ2) is 7.34. The van der Waals surface area contributed by atoms with Gasteiger partial charge in [-0.1, -0.05) is 41.9 Å². The smallest absolute Gasteiger partial charge is 0.158 e. The molecule has 4 heteroatoms. The van der Waals surface area contributed by atoms with Crippen LogP contribution in [0.4, 0.5) is 5.69 Å². The van der Waals surface area contributed by atoms with Gasteiger partial charge in [0, 0.05) is 11.3 Å². The first kappa shape index (κ1) is 16.2. The molecule has 1 fully saturated rings. The Morgan fingerprint density at radius 1 is 0.880 bits per heavy atom. The molecule has 0 unspecified atom stereocenters. The lowest BCUT2D eigenvalue weighted by atomic mass is 10.2. The molecule has 0 bridgehead atoms. The van der Waals surface area contributed by atoms with Crippen LogP contribution in [0.5, 0.6) is 0 Å². The van der Waals surface area contributed by atoms with Crippen molar-refractivity contribution in [2.75, 3.05) is 31.1 Å². The number of nitrogens with one attached hydrogen (secondary N) is 1. The van der Waals surface area contributed by atoms with Gasteiger partial charge in [0.05, 0.1) is 31.2 Å². The van der Waals surface area contributed by atoms with Gasteiger partial charge in [-0.15, -0.1) is 0 Å². The maximum absolute atomic E-state index is 6.26. The molecular weight excluding hydrogens is 332 g/mol. The topological polar surface area (TPSA) is 20.8 Å². The van der Waals surface area contributed by atoms with E-state index in [1.807, 2.05) is 30.3 Å². The van der Waals surface area contributed by atoms with E-state index in [0.717, 1.165) is 54.8 Å². The molecule has 1 aliphatic heterocycles. The van der Waals surface area contributed by atoms with Gasteiger partial charge in [-0.05, 0) is 36.4 Å². The van der Waals surface area contributed by atoms with Gasteiger partial charge >= 0.3 is 0 Å². The largest absolute Gasteiger partial charge is 0.455 e. The normalized spacial score (nSPS) is 15.5. The Morgan fingerprint density at radius 3 is 2.36 bits per heavy atom. The predicted octanol–water partition coefficient (Wildman–Crippen LogP) is 3.51. The number of hydrogen-bond donors (Lipinski definition) is 1. The van der Waals surface area contributed by atoms with Crippen molar-refractivity contribution in [3.63, 3.8) is 0 Å². The second-order valence-corrected chi connectivity index (χ2v) is 6.90. The molecule has 1 aliphatic rings. The van der Waals surface area contributed by atoms with E-state index < -0.39 is 0 Å². The summed E-state index contributed by atoms with van der Waals surface area (Å²) in [5.41, 5.74) is 2.28. The Kier molecular flexibility index (Phi) is 4.77. The molecule has 0 spiro atoms. The maximum atomic E-state index is 6.26. The molecule has 0 radical (unpaired) electrons.